The monoisotopic (exact) mass is 403 g/mol. The van der Waals surface area contributed by atoms with Gasteiger partial charge in [-0.3, -0.25) is 10.0 Å². The number of nitrogens with zero attached hydrogens (tertiary/aromatic N) is 2. The molecule has 0 aliphatic rings. The first kappa shape index (κ1) is 26.4. The number of allylic oxidation sites excluding steroid dienone is 7. The summed E-state index contributed by atoms with van der Waals surface area (Å²) in [7, 11) is 0. The zero-order valence-electron chi connectivity index (χ0n) is 19.5. The van der Waals surface area contributed by atoms with Crippen LogP contribution in [0.4, 0.5) is 0 Å². The summed E-state index contributed by atoms with van der Waals surface area (Å²) in [5.41, 5.74) is 4.00. The van der Waals surface area contributed by atoms with Gasteiger partial charge in [0, 0.05) is 35.4 Å². The summed E-state index contributed by atoms with van der Waals surface area (Å²) in [5, 5.41) is 11.1. The topological polar surface area (TPSA) is 52.8 Å². The first-order chi connectivity index (χ1) is 13.5. The predicted molar refractivity (Wildman–Crippen MR) is 121 cm³/mol. The minimum atomic E-state index is -0.107. The zero-order chi connectivity index (χ0) is 22.7. The Morgan fingerprint density at radius 3 is 2.10 bits per heavy atom. The lowest BCUT2D eigenvalue weighted by molar-refractivity contribution is -0.737. The molecule has 0 aromatic heterocycles. The van der Waals surface area contributed by atoms with E-state index in [4.69, 9.17) is 4.74 Å². The van der Waals surface area contributed by atoms with Crippen LogP contribution in [0.25, 0.3) is 0 Å². The van der Waals surface area contributed by atoms with Gasteiger partial charge in [0.15, 0.2) is 12.4 Å². The molecule has 5 heteroatoms. The van der Waals surface area contributed by atoms with Gasteiger partial charge in [0.05, 0.1) is 0 Å². The molecule has 5 nitrogen and oxygen atoms in total. The number of ether oxygens (including phenoxy) is 1. The number of hydrogen-bond acceptors (Lipinski definition) is 3. The largest absolute Gasteiger partial charge is 0.477 e. The first-order valence-corrected chi connectivity index (χ1v) is 10.1. The summed E-state index contributed by atoms with van der Waals surface area (Å²) in [6, 6.07) is 0. The number of carbonyl (C=O) groups excluding carboxylic acids is 1. The Bertz CT molecular complexity index is 729. The maximum atomic E-state index is 12.4. The van der Waals surface area contributed by atoms with Gasteiger partial charge in [0.25, 0.3) is 17.3 Å². The van der Waals surface area contributed by atoms with Crippen LogP contribution < -0.4 is 0 Å². The van der Waals surface area contributed by atoms with Gasteiger partial charge in [-0.1, -0.05) is 38.7 Å². The summed E-state index contributed by atoms with van der Waals surface area (Å²) in [5.74, 6) is 0.220. The van der Waals surface area contributed by atoms with Crippen molar-refractivity contribution in [2.45, 2.75) is 55.4 Å². The van der Waals surface area contributed by atoms with Crippen LogP contribution in [0.1, 0.15) is 55.4 Å². The average Bonchev–Trinajstić information content (AvgIpc) is 2.64. The van der Waals surface area contributed by atoms with Crippen molar-refractivity contribution >= 4 is 11.6 Å². The van der Waals surface area contributed by atoms with E-state index in [1.54, 1.807) is 17.1 Å². The molecular formula is C24H39N2O3+. The molecule has 0 atom stereocenters. The van der Waals surface area contributed by atoms with Gasteiger partial charge in [0.1, 0.15) is 0 Å². The lowest BCUT2D eigenvalue weighted by atomic mass is 10.0. The van der Waals surface area contributed by atoms with E-state index in [0.717, 1.165) is 15.9 Å². The molecule has 0 unspecified atom stereocenters. The van der Waals surface area contributed by atoms with Crippen LogP contribution in [0.5, 0.6) is 0 Å². The standard InChI is InChI=1S/C24H39N2O3/c1-11-14-22(29-16-23(27)25(12-2)13-3)24(19(8)9)26(28)21(18(6)7)15-20(10)17(4)5/h11,14-15,19,28H,1,6,12-13,16H2,2-5,7-10H3/q+1/b21-15+,22-14+,26-24-. The molecule has 1 N–H and O–H groups in total. The Kier molecular flexibility index (Phi) is 11.7. The predicted octanol–water partition coefficient (Wildman–Crippen LogP) is 5.26. The fourth-order valence-electron chi connectivity index (χ4n) is 2.60. The van der Waals surface area contributed by atoms with Crippen LogP contribution in [0, 0.1) is 5.92 Å². The van der Waals surface area contributed by atoms with Crippen LogP contribution in [0.3, 0.4) is 0 Å². The smallest absolute Gasteiger partial charge is 0.278 e. The maximum absolute atomic E-state index is 12.4. The van der Waals surface area contributed by atoms with Crippen LogP contribution in [0.2, 0.25) is 0 Å². The SMILES string of the molecule is C=C\C=C(OCC(=O)N(CC)CC)/C(C(C)C)=[N+](O)/C(=C/C(C)=C(C)C)C(=C)C. The number of carbonyl (C=O) groups is 1. The second-order valence-corrected chi connectivity index (χ2v) is 7.47. The molecule has 29 heavy (non-hydrogen) atoms. The van der Waals surface area contributed by atoms with Crippen molar-refractivity contribution in [1.29, 1.82) is 0 Å². The Hall–Kier alpha value is -2.56. The Balaban J connectivity index is 6.28. The Morgan fingerprint density at radius 1 is 1.17 bits per heavy atom. The molecule has 0 saturated heterocycles. The van der Waals surface area contributed by atoms with E-state index >= 15 is 0 Å². The summed E-state index contributed by atoms with van der Waals surface area (Å²) < 4.78 is 6.95. The molecule has 0 aliphatic carbocycles. The van der Waals surface area contributed by atoms with E-state index in [1.165, 1.54) is 0 Å². The van der Waals surface area contributed by atoms with Crippen LogP contribution in [0.15, 0.2) is 59.6 Å². The highest BCUT2D eigenvalue weighted by atomic mass is 16.5. The molecule has 0 radical (unpaired) electrons. The van der Waals surface area contributed by atoms with Gasteiger partial charge in [-0.05, 0) is 53.2 Å². The number of hydrogen-bond donors (Lipinski definition) is 1. The molecule has 0 fully saturated rings. The zero-order valence-corrected chi connectivity index (χ0v) is 19.5. The van der Waals surface area contributed by atoms with Gasteiger partial charge in [-0.25, -0.2) is 0 Å². The normalized spacial score (nSPS) is 13.0. The molecule has 0 aromatic carbocycles. The number of likely N-dealkylation sites (N-methyl/N-ethyl adjacent to an activating group) is 1. The summed E-state index contributed by atoms with van der Waals surface area (Å²) >= 11 is 0. The van der Waals surface area contributed by atoms with E-state index in [1.807, 2.05) is 61.5 Å². The summed E-state index contributed by atoms with van der Waals surface area (Å²) in [4.78, 5) is 14.1. The first-order valence-electron chi connectivity index (χ1n) is 10.1. The quantitative estimate of drug-likeness (QED) is 0.128. The molecule has 0 spiro atoms. The minimum Gasteiger partial charge on any atom is -0.477 e. The molecule has 0 saturated carbocycles. The molecular weight excluding hydrogens is 364 g/mol. The van der Waals surface area contributed by atoms with Crippen molar-refractivity contribution in [3.8, 4) is 0 Å². The molecule has 162 valence electrons. The van der Waals surface area contributed by atoms with Gasteiger partial charge < -0.3 is 9.64 Å². The van der Waals surface area contributed by atoms with Crippen molar-refractivity contribution < 1.29 is 19.5 Å². The van der Waals surface area contributed by atoms with Crippen LogP contribution in [-0.2, 0) is 9.53 Å². The van der Waals surface area contributed by atoms with Crippen molar-refractivity contribution in [2.24, 2.45) is 5.92 Å². The van der Waals surface area contributed by atoms with Gasteiger partial charge in [-0.15, -0.1) is 0 Å². The van der Waals surface area contributed by atoms with Crippen LogP contribution in [-0.4, -0.2) is 46.2 Å². The van der Waals surface area contributed by atoms with Crippen molar-refractivity contribution in [2.75, 3.05) is 19.7 Å². The third-order valence-corrected chi connectivity index (χ3v) is 4.57. The van der Waals surface area contributed by atoms with E-state index in [0.29, 0.717) is 35.8 Å². The van der Waals surface area contributed by atoms with Crippen molar-refractivity contribution in [3.63, 3.8) is 0 Å². The Morgan fingerprint density at radius 2 is 1.72 bits per heavy atom. The molecule has 0 aliphatic heterocycles. The van der Waals surface area contributed by atoms with E-state index < -0.39 is 0 Å². The van der Waals surface area contributed by atoms with E-state index in [9.17, 15) is 10.0 Å². The fraction of sp³-hybridized carbons (Fsp3) is 0.500. The van der Waals surface area contributed by atoms with Crippen molar-refractivity contribution in [3.05, 3.63) is 59.6 Å². The van der Waals surface area contributed by atoms with Crippen molar-refractivity contribution in [1.82, 2.24) is 4.90 Å². The molecule has 1 amide bonds. The second-order valence-electron chi connectivity index (χ2n) is 7.47. The summed E-state index contributed by atoms with van der Waals surface area (Å²) in [6.07, 6.45) is 5.14. The highest BCUT2D eigenvalue weighted by Crippen LogP contribution is 2.18. The highest BCUT2D eigenvalue weighted by molar-refractivity contribution is 5.96. The average molecular weight is 404 g/mol. The Labute approximate surface area is 177 Å². The minimum absolute atomic E-state index is 0.0792. The maximum Gasteiger partial charge on any atom is 0.278 e. The van der Waals surface area contributed by atoms with E-state index in [2.05, 4.69) is 13.2 Å². The lowest BCUT2D eigenvalue weighted by Crippen LogP contribution is -2.34. The van der Waals surface area contributed by atoms with Gasteiger partial charge >= 0.3 is 0 Å². The van der Waals surface area contributed by atoms with Gasteiger partial charge in [0.2, 0.25) is 0 Å². The molecule has 0 heterocycles. The molecule has 0 rings (SSSR count). The highest BCUT2D eigenvalue weighted by Gasteiger charge is 2.30. The third kappa shape index (κ3) is 8.14. The second kappa shape index (κ2) is 12.8. The number of hydroxylamine groups is 1. The van der Waals surface area contributed by atoms with Crippen LogP contribution >= 0.6 is 0 Å². The lowest BCUT2D eigenvalue weighted by Gasteiger charge is -2.19. The number of amides is 1. The molecule has 0 aromatic rings. The van der Waals surface area contributed by atoms with E-state index in [-0.39, 0.29) is 18.4 Å². The molecule has 0 bridgehead atoms. The van der Waals surface area contributed by atoms with Gasteiger partial charge in [-0.2, -0.15) is 0 Å². The summed E-state index contributed by atoms with van der Waals surface area (Å²) in [6.45, 7) is 24.5. The fourth-order valence-corrected chi connectivity index (χ4v) is 2.60. The number of rotatable bonds is 11. The third-order valence-electron chi connectivity index (χ3n) is 4.57.